The molecule has 1 amide bonds. The van der Waals surface area contributed by atoms with Crippen LogP contribution in [0.3, 0.4) is 0 Å². The van der Waals surface area contributed by atoms with Crippen molar-refractivity contribution in [1.29, 1.82) is 0 Å². The Morgan fingerprint density at radius 2 is 2.22 bits per heavy atom. The second kappa shape index (κ2) is 4.46. The molecule has 2 heterocycles. The van der Waals surface area contributed by atoms with Gasteiger partial charge in [0.05, 0.1) is 0 Å². The van der Waals surface area contributed by atoms with Crippen LogP contribution in [0, 0.1) is 0 Å². The number of aromatic nitrogens is 1. The summed E-state index contributed by atoms with van der Waals surface area (Å²) < 4.78 is 4.70. The van der Waals surface area contributed by atoms with Crippen molar-refractivity contribution in [2.24, 2.45) is 0 Å². The zero-order valence-corrected chi connectivity index (χ0v) is 10.4. The van der Waals surface area contributed by atoms with Crippen molar-refractivity contribution in [3.63, 3.8) is 0 Å². The number of rotatable bonds is 1. The molecule has 0 bridgehead atoms. The predicted molar refractivity (Wildman–Crippen MR) is 66.4 cm³/mol. The minimum absolute atomic E-state index is 0.102. The Morgan fingerprint density at radius 1 is 1.33 bits per heavy atom. The lowest BCUT2D eigenvalue weighted by atomic mass is 10.00. The summed E-state index contributed by atoms with van der Waals surface area (Å²) in [6.07, 6.45) is 2.25. The van der Waals surface area contributed by atoms with Gasteiger partial charge in [0.1, 0.15) is 6.26 Å². The minimum Gasteiger partial charge on any atom is -0.364 e. The summed E-state index contributed by atoms with van der Waals surface area (Å²) in [5, 5.41) is 4.37. The molecule has 5 heteroatoms. The largest absolute Gasteiger partial charge is 0.364 e. The zero-order chi connectivity index (χ0) is 12.5. The maximum Gasteiger partial charge on any atom is 0.276 e. The molecular weight excluding hydrogens is 252 g/mol. The smallest absolute Gasteiger partial charge is 0.276 e. The molecule has 1 aliphatic rings. The van der Waals surface area contributed by atoms with E-state index >= 15 is 0 Å². The molecule has 1 aliphatic heterocycles. The van der Waals surface area contributed by atoms with Crippen molar-refractivity contribution in [3.8, 4) is 0 Å². The van der Waals surface area contributed by atoms with Gasteiger partial charge in [-0.1, -0.05) is 22.8 Å². The summed E-state index contributed by atoms with van der Waals surface area (Å²) >= 11 is 5.97. The Bertz CT molecular complexity index is 581. The van der Waals surface area contributed by atoms with Crippen molar-refractivity contribution in [3.05, 3.63) is 52.4 Å². The molecule has 3 rings (SSSR count). The van der Waals surface area contributed by atoms with E-state index in [9.17, 15) is 4.79 Å². The number of carbonyl (C=O) groups is 1. The molecular formula is C13H11ClN2O2. The number of hydrogen-bond acceptors (Lipinski definition) is 3. The number of benzene rings is 1. The fourth-order valence-corrected chi connectivity index (χ4v) is 2.38. The van der Waals surface area contributed by atoms with E-state index < -0.39 is 0 Å². The first-order valence-electron chi connectivity index (χ1n) is 5.71. The third-order valence-electron chi connectivity index (χ3n) is 3.12. The summed E-state index contributed by atoms with van der Waals surface area (Å²) in [4.78, 5) is 13.9. The molecule has 0 N–H and O–H groups in total. The highest BCUT2D eigenvalue weighted by molar-refractivity contribution is 6.30. The Balaban J connectivity index is 1.84. The van der Waals surface area contributed by atoms with Gasteiger partial charge in [-0.2, -0.15) is 0 Å². The molecule has 0 atom stereocenters. The van der Waals surface area contributed by atoms with Gasteiger partial charge < -0.3 is 9.42 Å². The molecule has 0 unspecified atom stereocenters. The van der Waals surface area contributed by atoms with Gasteiger partial charge in [-0.25, -0.2) is 0 Å². The van der Waals surface area contributed by atoms with Gasteiger partial charge >= 0.3 is 0 Å². The van der Waals surface area contributed by atoms with Crippen LogP contribution < -0.4 is 0 Å². The first-order valence-corrected chi connectivity index (χ1v) is 6.09. The van der Waals surface area contributed by atoms with E-state index in [1.54, 1.807) is 11.0 Å². The van der Waals surface area contributed by atoms with Crippen molar-refractivity contribution in [2.75, 3.05) is 6.54 Å². The van der Waals surface area contributed by atoms with Crippen LogP contribution in [-0.4, -0.2) is 22.5 Å². The maximum atomic E-state index is 12.1. The zero-order valence-electron chi connectivity index (χ0n) is 9.60. The lowest BCUT2D eigenvalue weighted by molar-refractivity contribution is 0.0724. The highest BCUT2D eigenvalue weighted by atomic mass is 35.5. The summed E-state index contributed by atoms with van der Waals surface area (Å²) in [6, 6.07) is 7.40. The fourth-order valence-electron chi connectivity index (χ4n) is 2.18. The molecule has 0 spiro atoms. The quantitative estimate of drug-likeness (QED) is 0.793. The van der Waals surface area contributed by atoms with E-state index in [1.165, 1.54) is 11.8 Å². The summed E-state index contributed by atoms with van der Waals surface area (Å²) in [7, 11) is 0. The summed E-state index contributed by atoms with van der Waals surface area (Å²) in [5.74, 6) is -0.102. The molecule has 92 valence electrons. The second-order valence-corrected chi connectivity index (χ2v) is 4.71. The van der Waals surface area contributed by atoms with Crippen molar-refractivity contribution in [2.45, 2.75) is 13.0 Å². The third-order valence-corrected chi connectivity index (χ3v) is 3.36. The van der Waals surface area contributed by atoms with Crippen molar-refractivity contribution < 1.29 is 9.32 Å². The normalized spacial score (nSPS) is 14.4. The van der Waals surface area contributed by atoms with Crippen molar-refractivity contribution >= 4 is 17.5 Å². The molecule has 0 radical (unpaired) electrons. The molecule has 0 saturated heterocycles. The van der Waals surface area contributed by atoms with Crippen LogP contribution in [0.25, 0.3) is 0 Å². The van der Waals surface area contributed by atoms with Gasteiger partial charge in [0, 0.05) is 24.2 Å². The maximum absolute atomic E-state index is 12.1. The van der Waals surface area contributed by atoms with E-state index in [-0.39, 0.29) is 5.91 Å². The van der Waals surface area contributed by atoms with Crippen LogP contribution >= 0.6 is 11.6 Å². The number of amides is 1. The van der Waals surface area contributed by atoms with Gasteiger partial charge in [-0.3, -0.25) is 4.79 Å². The monoisotopic (exact) mass is 262 g/mol. The first kappa shape index (κ1) is 11.3. The minimum atomic E-state index is -0.102. The third kappa shape index (κ3) is 1.99. The van der Waals surface area contributed by atoms with Crippen LogP contribution in [0.5, 0.6) is 0 Å². The molecule has 18 heavy (non-hydrogen) atoms. The Kier molecular flexibility index (Phi) is 2.80. The first-order chi connectivity index (χ1) is 8.74. The topological polar surface area (TPSA) is 46.3 Å². The highest BCUT2D eigenvalue weighted by Crippen LogP contribution is 2.23. The number of hydrogen-bond donors (Lipinski definition) is 0. The van der Waals surface area contributed by atoms with E-state index in [2.05, 4.69) is 5.16 Å². The van der Waals surface area contributed by atoms with E-state index in [0.717, 1.165) is 12.0 Å². The van der Waals surface area contributed by atoms with E-state index in [0.29, 0.717) is 23.8 Å². The Hall–Kier alpha value is -1.81. The van der Waals surface area contributed by atoms with Gasteiger partial charge in [0.2, 0.25) is 0 Å². The molecule has 0 aliphatic carbocycles. The van der Waals surface area contributed by atoms with Crippen LogP contribution in [0.15, 0.2) is 35.1 Å². The molecule has 2 aromatic rings. The summed E-state index contributed by atoms with van der Waals surface area (Å²) in [6.45, 7) is 1.27. The molecule has 4 nitrogen and oxygen atoms in total. The molecule has 0 fully saturated rings. The van der Waals surface area contributed by atoms with Gasteiger partial charge in [0.25, 0.3) is 5.91 Å². The van der Waals surface area contributed by atoms with Gasteiger partial charge in [0.15, 0.2) is 5.69 Å². The average Bonchev–Trinajstić information content (AvgIpc) is 2.90. The highest BCUT2D eigenvalue weighted by Gasteiger charge is 2.23. The predicted octanol–water partition coefficient (Wildman–Crippen LogP) is 2.53. The Labute approximate surface area is 109 Å². The number of fused-ring (bicyclic) bond motifs is 1. The van der Waals surface area contributed by atoms with E-state index in [4.69, 9.17) is 16.1 Å². The second-order valence-electron chi connectivity index (χ2n) is 4.27. The van der Waals surface area contributed by atoms with Crippen molar-refractivity contribution in [1.82, 2.24) is 10.1 Å². The molecule has 1 aromatic carbocycles. The molecule has 0 saturated carbocycles. The Morgan fingerprint density at radius 3 is 3.00 bits per heavy atom. The number of nitrogens with zero attached hydrogens (tertiary/aromatic N) is 2. The lowest BCUT2D eigenvalue weighted by Gasteiger charge is -2.28. The van der Waals surface area contributed by atoms with Crippen LogP contribution in [0.2, 0.25) is 5.02 Å². The van der Waals surface area contributed by atoms with Crippen LogP contribution in [-0.2, 0) is 13.0 Å². The summed E-state index contributed by atoms with van der Waals surface area (Å²) in [5.41, 5.74) is 2.70. The van der Waals surface area contributed by atoms with Crippen LogP contribution in [0.4, 0.5) is 0 Å². The lowest BCUT2D eigenvalue weighted by Crippen LogP contribution is -2.36. The van der Waals surface area contributed by atoms with Gasteiger partial charge in [-0.05, 0) is 29.7 Å². The van der Waals surface area contributed by atoms with Gasteiger partial charge in [-0.15, -0.1) is 0 Å². The van der Waals surface area contributed by atoms with Crippen LogP contribution in [0.1, 0.15) is 21.6 Å². The SMILES string of the molecule is O=C(c1ccon1)N1CCc2ccc(Cl)cc2C1. The number of carbonyl (C=O) groups excluding carboxylic acids is 1. The molecule has 1 aromatic heterocycles. The number of halogens is 1. The average molecular weight is 263 g/mol. The van der Waals surface area contributed by atoms with E-state index in [1.807, 2.05) is 18.2 Å². The fraction of sp³-hybridized carbons (Fsp3) is 0.231. The standard InChI is InChI=1S/C13H11ClN2O2/c14-11-2-1-9-3-5-16(8-10(9)7-11)13(17)12-4-6-18-15-12/h1-2,4,6-7H,3,5,8H2.